The number of pyridine rings is 1. The number of aromatic nitrogens is 1. The van der Waals surface area contributed by atoms with Crippen LogP contribution >= 0.6 is 11.3 Å². The summed E-state index contributed by atoms with van der Waals surface area (Å²) in [7, 11) is 7.01. The molecule has 1 aromatic carbocycles. The monoisotopic (exact) mass is 342 g/mol. The van der Waals surface area contributed by atoms with Gasteiger partial charge in [0.05, 0.1) is 22.9 Å². The summed E-state index contributed by atoms with van der Waals surface area (Å²) in [5, 5.41) is 0. The van der Waals surface area contributed by atoms with Crippen LogP contribution in [0.2, 0.25) is 0 Å². The lowest BCUT2D eigenvalue weighted by molar-refractivity contribution is 0.0603. The molecule has 24 heavy (non-hydrogen) atoms. The molecule has 0 fully saturated rings. The smallest absolute Gasteiger partial charge is 0.339 e. The van der Waals surface area contributed by atoms with Crippen LogP contribution in [0.5, 0.6) is 0 Å². The SMILES string of the molecule is COC(=O)c1cc(=O)n(C)c2cc(-c3ccccc3N(C)C)sc12. The van der Waals surface area contributed by atoms with Crippen LogP contribution in [-0.2, 0) is 11.8 Å². The average Bonchev–Trinajstić information content (AvgIpc) is 3.02. The molecule has 0 bridgehead atoms. The first kappa shape index (κ1) is 16.3. The van der Waals surface area contributed by atoms with Gasteiger partial charge in [-0.05, 0) is 12.1 Å². The minimum Gasteiger partial charge on any atom is -0.465 e. The van der Waals surface area contributed by atoms with Crippen molar-refractivity contribution in [2.45, 2.75) is 0 Å². The highest BCUT2D eigenvalue weighted by Gasteiger charge is 2.18. The highest BCUT2D eigenvalue weighted by Crippen LogP contribution is 2.38. The second-order valence-corrected chi connectivity index (χ2v) is 6.74. The van der Waals surface area contributed by atoms with E-state index < -0.39 is 5.97 Å². The highest BCUT2D eigenvalue weighted by atomic mass is 32.1. The van der Waals surface area contributed by atoms with Gasteiger partial charge in [0.2, 0.25) is 0 Å². The molecule has 3 aromatic rings. The molecule has 124 valence electrons. The maximum Gasteiger partial charge on any atom is 0.339 e. The molecule has 0 unspecified atom stereocenters. The fourth-order valence-corrected chi connectivity index (χ4v) is 3.92. The van der Waals surface area contributed by atoms with Crippen LogP contribution in [0.25, 0.3) is 20.7 Å². The van der Waals surface area contributed by atoms with E-state index in [0.29, 0.717) is 5.56 Å². The molecule has 0 N–H and O–H groups in total. The molecule has 0 aliphatic carbocycles. The Labute approximate surface area is 143 Å². The first-order valence-corrected chi connectivity index (χ1v) is 8.24. The molecular weight excluding hydrogens is 324 g/mol. The van der Waals surface area contributed by atoms with Gasteiger partial charge in [0, 0.05) is 43.3 Å². The summed E-state index contributed by atoms with van der Waals surface area (Å²) in [5.41, 5.74) is 2.96. The zero-order valence-corrected chi connectivity index (χ0v) is 14.8. The number of thiophene rings is 1. The molecule has 3 rings (SSSR count). The molecule has 0 spiro atoms. The van der Waals surface area contributed by atoms with Gasteiger partial charge in [-0.2, -0.15) is 0 Å². The van der Waals surface area contributed by atoms with Gasteiger partial charge in [0.1, 0.15) is 0 Å². The molecule has 0 aliphatic heterocycles. The molecule has 5 nitrogen and oxygen atoms in total. The number of ether oxygens (including phenoxy) is 1. The van der Waals surface area contributed by atoms with E-state index in [9.17, 15) is 9.59 Å². The largest absolute Gasteiger partial charge is 0.465 e. The number of anilines is 1. The Balaban J connectivity index is 2.32. The van der Waals surface area contributed by atoms with E-state index in [0.717, 1.165) is 26.3 Å². The van der Waals surface area contributed by atoms with Crippen LogP contribution in [0.3, 0.4) is 0 Å². The zero-order valence-electron chi connectivity index (χ0n) is 14.0. The number of methoxy groups -OCH3 is 1. The number of fused-ring (bicyclic) bond motifs is 1. The Morgan fingerprint density at radius 3 is 2.58 bits per heavy atom. The number of para-hydroxylation sites is 1. The lowest BCUT2D eigenvalue weighted by Crippen LogP contribution is -2.18. The predicted molar refractivity (Wildman–Crippen MR) is 98.2 cm³/mol. The molecule has 0 radical (unpaired) electrons. The van der Waals surface area contributed by atoms with Gasteiger partial charge in [0.15, 0.2) is 0 Å². The van der Waals surface area contributed by atoms with Crippen LogP contribution in [0.1, 0.15) is 10.4 Å². The van der Waals surface area contributed by atoms with Crippen molar-refractivity contribution in [3.05, 3.63) is 52.3 Å². The molecule has 0 saturated carbocycles. The van der Waals surface area contributed by atoms with Crippen molar-refractivity contribution >= 4 is 33.2 Å². The number of carbonyl (C=O) groups is 1. The number of esters is 1. The van der Waals surface area contributed by atoms with Gasteiger partial charge in [-0.15, -0.1) is 11.3 Å². The predicted octanol–water partition coefficient (Wildman–Crippen LogP) is 3.12. The minimum atomic E-state index is -0.494. The van der Waals surface area contributed by atoms with E-state index in [-0.39, 0.29) is 5.56 Å². The molecule has 0 aliphatic rings. The van der Waals surface area contributed by atoms with Crippen molar-refractivity contribution in [1.29, 1.82) is 0 Å². The van der Waals surface area contributed by atoms with Gasteiger partial charge >= 0.3 is 5.97 Å². The van der Waals surface area contributed by atoms with E-state index in [2.05, 4.69) is 0 Å². The lowest BCUT2D eigenvalue weighted by atomic mass is 10.1. The third-order valence-corrected chi connectivity index (χ3v) is 5.16. The summed E-state index contributed by atoms with van der Waals surface area (Å²) < 4.78 is 7.14. The Kier molecular flexibility index (Phi) is 4.15. The van der Waals surface area contributed by atoms with Gasteiger partial charge in [-0.1, -0.05) is 18.2 Å². The van der Waals surface area contributed by atoms with Crippen LogP contribution in [0, 0.1) is 0 Å². The normalized spacial score (nSPS) is 10.8. The summed E-state index contributed by atoms with van der Waals surface area (Å²) in [6.07, 6.45) is 0. The topological polar surface area (TPSA) is 51.5 Å². The number of rotatable bonds is 3. The number of benzene rings is 1. The van der Waals surface area contributed by atoms with E-state index in [1.807, 2.05) is 49.3 Å². The van der Waals surface area contributed by atoms with Gasteiger partial charge in [0.25, 0.3) is 5.56 Å². The lowest BCUT2D eigenvalue weighted by Gasteiger charge is -2.16. The van der Waals surface area contributed by atoms with Gasteiger partial charge < -0.3 is 14.2 Å². The maximum absolute atomic E-state index is 12.1. The summed E-state index contributed by atoms with van der Waals surface area (Å²) in [6.45, 7) is 0. The van der Waals surface area contributed by atoms with Crippen LogP contribution in [0.15, 0.2) is 41.2 Å². The number of aryl methyl sites for hydroxylation is 1. The van der Waals surface area contributed by atoms with Crippen molar-refractivity contribution in [3.8, 4) is 10.4 Å². The second-order valence-electron chi connectivity index (χ2n) is 5.68. The fourth-order valence-electron chi connectivity index (χ4n) is 2.69. The summed E-state index contributed by atoms with van der Waals surface area (Å²) in [6, 6.07) is 11.3. The molecular formula is C18H18N2O3S. The standard InChI is InChI=1S/C18H18N2O3S/c1-19(2)13-8-6-5-7-11(13)15-10-14-17(24-15)12(18(22)23-4)9-16(21)20(14)3/h5-10H,1-4H3. The zero-order chi connectivity index (χ0) is 17.4. The molecule has 0 saturated heterocycles. The van der Waals surface area contributed by atoms with Gasteiger partial charge in [-0.25, -0.2) is 4.79 Å². The third-order valence-electron chi connectivity index (χ3n) is 3.97. The molecule has 2 heterocycles. The minimum absolute atomic E-state index is 0.229. The number of hydrogen-bond acceptors (Lipinski definition) is 5. The van der Waals surface area contributed by atoms with Gasteiger partial charge in [-0.3, -0.25) is 4.79 Å². The third kappa shape index (κ3) is 2.59. The van der Waals surface area contributed by atoms with Crippen molar-refractivity contribution < 1.29 is 9.53 Å². The van der Waals surface area contributed by atoms with Crippen molar-refractivity contribution in [2.24, 2.45) is 7.05 Å². The summed E-state index contributed by atoms with van der Waals surface area (Å²) >= 11 is 1.49. The second kappa shape index (κ2) is 6.13. The van der Waals surface area contributed by atoms with E-state index in [1.165, 1.54) is 24.5 Å². The van der Waals surface area contributed by atoms with E-state index in [1.54, 1.807) is 11.6 Å². The van der Waals surface area contributed by atoms with Crippen LogP contribution < -0.4 is 10.5 Å². The molecule has 2 aromatic heterocycles. The first-order valence-electron chi connectivity index (χ1n) is 7.42. The van der Waals surface area contributed by atoms with Crippen LogP contribution in [0.4, 0.5) is 5.69 Å². The maximum atomic E-state index is 12.1. The molecule has 6 heteroatoms. The molecule has 0 atom stereocenters. The number of nitrogens with zero attached hydrogens (tertiary/aromatic N) is 2. The first-order chi connectivity index (χ1) is 11.4. The Morgan fingerprint density at radius 1 is 1.21 bits per heavy atom. The summed E-state index contributed by atoms with van der Waals surface area (Å²) in [5.74, 6) is -0.494. The highest BCUT2D eigenvalue weighted by molar-refractivity contribution is 7.22. The Hall–Kier alpha value is -2.60. The van der Waals surface area contributed by atoms with E-state index >= 15 is 0 Å². The van der Waals surface area contributed by atoms with Crippen molar-refractivity contribution in [1.82, 2.24) is 4.57 Å². The Morgan fingerprint density at radius 2 is 1.92 bits per heavy atom. The van der Waals surface area contributed by atoms with Crippen LogP contribution in [-0.4, -0.2) is 31.7 Å². The Bertz CT molecular complexity index is 986. The van der Waals surface area contributed by atoms with Crippen molar-refractivity contribution in [2.75, 3.05) is 26.1 Å². The van der Waals surface area contributed by atoms with Crippen molar-refractivity contribution in [3.63, 3.8) is 0 Å². The fraction of sp³-hybridized carbons (Fsp3) is 0.222. The number of carbonyl (C=O) groups excluding carboxylic acids is 1. The quantitative estimate of drug-likeness (QED) is 0.686. The number of hydrogen-bond donors (Lipinski definition) is 0. The van der Waals surface area contributed by atoms with E-state index in [4.69, 9.17) is 4.74 Å². The summed E-state index contributed by atoms with van der Waals surface area (Å²) in [4.78, 5) is 27.2. The average molecular weight is 342 g/mol. The molecule has 0 amide bonds.